The zero-order valence-corrected chi connectivity index (χ0v) is 18.4. The lowest BCUT2D eigenvalue weighted by Gasteiger charge is -2.12. The third kappa shape index (κ3) is 4.07. The molecule has 33 heavy (non-hydrogen) atoms. The van der Waals surface area contributed by atoms with Crippen molar-refractivity contribution in [3.63, 3.8) is 0 Å². The first-order valence-electron chi connectivity index (χ1n) is 10.6. The second kappa shape index (κ2) is 8.32. The van der Waals surface area contributed by atoms with Crippen molar-refractivity contribution in [1.29, 1.82) is 0 Å². The summed E-state index contributed by atoms with van der Waals surface area (Å²) in [6.45, 7) is 0. The van der Waals surface area contributed by atoms with Gasteiger partial charge in [0.15, 0.2) is 0 Å². The van der Waals surface area contributed by atoms with Gasteiger partial charge in [-0.3, -0.25) is 14.3 Å². The SMILES string of the molecule is Nc1ncc(Cl)c(-c2cn(C(=O)c3cccnc3)c3ccc(C#CC4(O)CCCC4)cc23)n1. The van der Waals surface area contributed by atoms with Crippen molar-refractivity contribution in [3.05, 3.63) is 71.3 Å². The average Bonchev–Trinajstić information content (AvgIpc) is 3.43. The molecule has 164 valence electrons. The molecule has 1 fully saturated rings. The van der Waals surface area contributed by atoms with Gasteiger partial charge in [-0.15, -0.1) is 0 Å². The van der Waals surface area contributed by atoms with Crippen molar-refractivity contribution < 1.29 is 9.90 Å². The molecule has 0 spiro atoms. The summed E-state index contributed by atoms with van der Waals surface area (Å²) in [6, 6.07) is 8.95. The minimum absolute atomic E-state index is 0.0771. The quantitative estimate of drug-likeness (QED) is 0.439. The Morgan fingerprint density at radius 3 is 2.79 bits per heavy atom. The van der Waals surface area contributed by atoms with E-state index in [1.54, 1.807) is 24.5 Å². The summed E-state index contributed by atoms with van der Waals surface area (Å²) in [5.41, 5.74) is 7.75. The molecule has 8 heteroatoms. The molecule has 0 radical (unpaired) electrons. The Balaban J connectivity index is 1.69. The number of fused-ring (bicyclic) bond motifs is 1. The molecule has 0 saturated heterocycles. The van der Waals surface area contributed by atoms with E-state index in [4.69, 9.17) is 17.3 Å². The third-order valence-electron chi connectivity index (χ3n) is 5.82. The second-order valence-electron chi connectivity index (χ2n) is 8.10. The Morgan fingerprint density at radius 2 is 2.03 bits per heavy atom. The number of pyridine rings is 1. The molecule has 1 aromatic carbocycles. The van der Waals surface area contributed by atoms with E-state index in [1.165, 1.54) is 17.0 Å². The third-order valence-corrected chi connectivity index (χ3v) is 6.10. The number of carbonyl (C=O) groups excluding carboxylic acids is 1. The van der Waals surface area contributed by atoms with E-state index in [0.29, 0.717) is 45.8 Å². The number of nitrogens with two attached hydrogens (primary N) is 1. The molecule has 1 aliphatic carbocycles. The number of hydrogen-bond donors (Lipinski definition) is 2. The van der Waals surface area contributed by atoms with Gasteiger partial charge in [0, 0.05) is 35.1 Å². The number of rotatable bonds is 2. The van der Waals surface area contributed by atoms with Crippen molar-refractivity contribution in [2.75, 3.05) is 5.73 Å². The first-order chi connectivity index (χ1) is 15.9. The molecule has 0 bridgehead atoms. The number of nitrogen functional groups attached to an aromatic ring is 1. The molecule has 4 aromatic rings. The number of nitrogens with zero attached hydrogens (tertiary/aromatic N) is 4. The highest BCUT2D eigenvalue weighted by atomic mass is 35.5. The molecule has 0 aliphatic heterocycles. The largest absolute Gasteiger partial charge is 0.378 e. The lowest BCUT2D eigenvalue weighted by molar-refractivity contribution is 0.0964. The molecule has 7 nitrogen and oxygen atoms in total. The maximum atomic E-state index is 13.3. The van der Waals surface area contributed by atoms with Crippen LogP contribution in [0.15, 0.2) is 55.1 Å². The minimum Gasteiger partial charge on any atom is -0.378 e. The van der Waals surface area contributed by atoms with Crippen LogP contribution in [0.3, 0.4) is 0 Å². The first-order valence-corrected chi connectivity index (χ1v) is 11.0. The van der Waals surface area contributed by atoms with E-state index in [1.807, 2.05) is 18.2 Å². The van der Waals surface area contributed by atoms with Crippen molar-refractivity contribution >= 4 is 34.4 Å². The van der Waals surface area contributed by atoms with E-state index in [2.05, 4.69) is 26.8 Å². The fourth-order valence-corrected chi connectivity index (χ4v) is 4.33. The van der Waals surface area contributed by atoms with Crippen molar-refractivity contribution in [1.82, 2.24) is 19.5 Å². The summed E-state index contributed by atoms with van der Waals surface area (Å²) >= 11 is 6.40. The highest BCUT2D eigenvalue weighted by Crippen LogP contribution is 2.35. The van der Waals surface area contributed by atoms with Crippen LogP contribution in [-0.2, 0) is 0 Å². The van der Waals surface area contributed by atoms with Gasteiger partial charge in [0.05, 0.1) is 28.0 Å². The zero-order chi connectivity index (χ0) is 23.0. The van der Waals surface area contributed by atoms with Crippen LogP contribution >= 0.6 is 11.6 Å². The summed E-state index contributed by atoms with van der Waals surface area (Å²) < 4.78 is 1.54. The minimum atomic E-state index is -0.940. The van der Waals surface area contributed by atoms with Gasteiger partial charge in [0.1, 0.15) is 5.60 Å². The molecule has 3 N–H and O–H groups in total. The van der Waals surface area contributed by atoms with E-state index < -0.39 is 5.60 Å². The van der Waals surface area contributed by atoms with Crippen LogP contribution in [0.2, 0.25) is 5.02 Å². The lowest BCUT2D eigenvalue weighted by Crippen LogP contribution is -2.20. The Morgan fingerprint density at radius 1 is 1.21 bits per heavy atom. The van der Waals surface area contributed by atoms with Crippen LogP contribution in [0.5, 0.6) is 0 Å². The molecule has 1 saturated carbocycles. The predicted octanol–water partition coefficient (Wildman–Crippen LogP) is 4.07. The van der Waals surface area contributed by atoms with Gasteiger partial charge >= 0.3 is 0 Å². The maximum absolute atomic E-state index is 13.3. The fourth-order valence-electron chi connectivity index (χ4n) is 4.14. The number of benzene rings is 1. The summed E-state index contributed by atoms with van der Waals surface area (Å²) in [6.07, 6.45) is 9.56. The van der Waals surface area contributed by atoms with Gasteiger partial charge in [-0.05, 0) is 56.0 Å². The fraction of sp³-hybridized carbons (Fsp3) is 0.200. The van der Waals surface area contributed by atoms with Gasteiger partial charge in [0.2, 0.25) is 5.95 Å². The van der Waals surface area contributed by atoms with Crippen LogP contribution in [0.1, 0.15) is 41.6 Å². The second-order valence-corrected chi connectivity index (χ2v) is 8.51. The smallest absolute Gasteiger partial charge is 0.263 e. The Hall–Kier alpha value is -3.73. The molecular formula is C25H20ClN5O2. The summed E-state index contributed by atoms with van der Waals surface area (Å²) in [5.74, 6) is 5.96. The topological polar surface area (TPSA) is 107 Å². The van der Waals surface area contributed by atoms with Crippen LogP contribution in [0, 0.1) is 11.8 Å². The number of carbonyl (C=O) groups is 1. The summed E-state index contributed by atoms with van der Waals surface area (Å²) in [7, 11) is 0. The average molecular weight is 458 g/mol. The van der Waals surface area contributed by atoms with Gasteiger partial charge in [-0.25, -0.2) is 9.97 Å². The molecule has 5 rings (SSSR count). The van der Waals surface area contributed by atoms with E-state index in [0.717, 1.165) is 18.2 Å². The van der Waals surface area contributed by atoms with Crippen LogP contribution in [0.25, 0.3) is 22.2 Å². The predicted molar refractivity (Wildman–Crippen MR) is 127 cm³/mol. The molecule has 0 unspecified atom stereocenters. The van der Waals surface area contributed by atoms with E-state index >= 15 is 0 Å². The first kappa shape index (κ1) is 21.1. The lowest BCUT2D eigenvalue weighted by atomic mass is 10.0. The molecule has 0 amide bonds. The number of anilines is 1. The van der Waals surface area contributed by atoms with Crippen molar-refractivity contribution in [3.8, 4) is 23.1 Å². The number of hydrogen-bond acceptors (Lipinski definition) is 6. The molecular weight excluding hydrogens is 438 g/mol. The van der Waals surface area contributed by atoms with E-state index in [9.17, 15) is 9.90 Å². The molecule has 3 heterocycles. The summed E-state index contributed by atoms with van der Waals surface area (Å²) in [5, 5.41) is 11.6. The standard InChI is InChI=1S/C25H20ClN5O2/c26-20-14-29-24(27)30-22(20)19-15-31(23(32)17-4-3-11-28-13-17)21-6-5-16(12-18(19)21)7-10-25(33)8-1-2-9-25/h3-6,11-15,33H,1-2,8-9H2,(H2,27,29,30). The zero-order valence-electron chi connectivity index (χ0n) is 17.6. The summed E-state index contributed by atoms with van der Waals surface area (Å²) in [4.78, 5) is 25.6. The van der Waals surface area contributed by atoms with Gasteiger partial charge in [-0.1, -0.05) is 23.4 Å². The van der Waals surface area contributed by atoms with Gasteiger partial charge in [-0.2, -0.15) is 0 Å². The number of aromatic nitrogens is 4. The monoisotopic (exact) mass is 457 g/mol. The number of aliphatic hydroxyl groups is 1. The van der Waals surface area contributed by atoms with Crippen LogP contribution < -0.4 is 5.73 Å². The Bertz CT molecular complexity index is 1430. The Labute approximate surface area is 195 Å². The van der Waals surface area contributed by atoms with Gasteiger partial charge < -0.3 is 10.8 Å². The van der Waals surface area contributed by atoms with E-state index in [-0.39, 0.29) is 11.9 Å². The normalized spacial score (nSPS) is 14.7. The Kier molecular flexibility index (Phi) is 5.33. The van der Waals surface area contributed by atoms with Crippen LogP contribution in [0.4, 0.5) is 5.95 Å². The maximum Gasteiger partial charge on any atom is 0.263 e. The van der Waals surface area contributed by atoms with Crippen LogP contribution in [-0.4, -0.2) is 36.1 Å². The van der Waals surface area contributed by atoms with Gasteiger partial charge in [0.25, 0.3) is 5.91 Å². The van der Waals surface area contributed by atoms with Crippen molar-refractivity contribution in [2.45, 2.75) is 31.3 Å². The highest BCUT2D eigenvalue weighted by molar-refractivity contribution is 6.33. The molecule has 3 aromatic heterocycles. The molecule has 0 atom stereocenters. The van der Waals surface area contributed by atoms with Crippen molar-refractivity contribution in [2.24, 2.45) is 0 Å². The highest BCUT2D eigenvalue weighted by Gasteiger charge is 2.28. The molecule has 1 aliphatic rings. The number of halogens is 1.